The number of aliphatic hydroxyl groups excluding tert-OH is 1. The number of ether oxygens (including phenoxy) is 2. The number of aliphatic hydroxyl groups is 1. The largest absolute Gasteiger partial charge is 0.490 e. The molecule has 0 atom stereocenters. The summed E-state index contributed by atoms with van der Waals surface area (Å²) in [4.78, 5) is 2.10. The van der Waals surface area contributed by atoms with Crippen LogP contribution in [0.5, 0.6) is 11.5 Å². The fraction of sp³-hybridized carbons (Fsp3) is 0.250. The number of rotatable bonds is 3. The average molecular weight is 367 g/mol. The SMILES string of the molecule is OCc1cc(Br)ccc1Sc1ccc2c(c1)OCCCO2. The van der Waals surface area contributed by atoms with Gasteiger partial charge in [-0.1, -0.05) is 27.7 Å². The summed E-state index contributed by atoms with van der Waals surface area (Å²) in [5, 5.41) is 9.47. The van der Waals surface area contributed by atoms with Crippen LogP contribution in [0.25, 0.3) is 0 Å². The van der Waals surface area contributed by atoms with E-state index in [1.165, 1.54) is 0 Å². The zero-order valence-corrected chi connectivity index (χ0v) is 13.7. The van der Waals surface area contributed by atoms with Crippen molar-refractivity contribution in [1.82, 2.24) is 0 Å². The summed E-state index contributed by atoms with van der Waals surface area (Å²) in [6.45, 7) is 1.40. The van der Waals surface area contributed by atoms with E-state index in [-0.39, 0.29) is 6.61 Å². The molecule has 2 aromatic rings. The zero-order chi connectivity index (χ0) is 14.7. The maximum absolute atomic E-state index is 9.47. The molecule has 0 aromatic heterocycles. The minimum absolute atomic E-state index is 0.0202. The smallest absolute Gasteiger partial charge is 0.162 e. The molecule has 2 aromatic carbocycles. The summed E-state index contributed by atoms with van der Waals surface area (Å²) in [5.74, 6) is 1.59. The lowest BCUT2D eigenvalue weighted by molar-refractivity contribution is 0.279. The molecule has 0 saturated carbocycles. The Morgan fingerprint density at radius 3 is 2.67 bits per heavy atom. The van der Waals surface area contributed by atoms with Crippen molar-refractivity contribution in [2.45, 2.75) is 22.8 Å². The van der Waals surface area contributed by atoms with Crippen LogP contribution in [0, 0.1) is 0 Å². The van der Waals surface area contributed by atoms with Gasteiger partial charge in [0.15, 0.2) is 11.5 Å². The fourth-order valence-electron chi connectivity index (χ4n) is 2.11. The van der Waals surface area contributed by atoms with Crippen LogP contribution in [0.15, 0.2) is 50.7 Å². The third kappa shape index (κ3) is 3.54. The van der Waals surface area contributed by atoms with Crippen molar-refractivity contribution in [2.75, 3.05) is 13.2 Å². The molecule has 3 nitrogen and oxygen atoms in total. The predicted molar refractivity (Wildman–Crippen MR) is 86.2 cm³/mol. The van der Waals surface area contributed by atoms with E-state index in [4.69, 9.17) is 9.47 Å². The molecule has 0 saturated heterocycles. The summed E-state index contributed by atoms with van der Waals surface area (Å²) in [7, 11) is 0. The quantitative estimate of drug-likeness (QED) is 0.880. The van der Waals surface area contributed by atoms with Crippen LogP contribution in [-0.4, -0.2) is 18.3 Å². The van der Waals surface area contributed by atoms with Gasteiger partial charge >= 0.3 is 0 Å². The molecule has 0 radical (unpaired) electrons. The van der Waals surface area contributed by atoms with Gasteiger partial charge in [-0.05, 0) is 42.0 Å². The van der Waals surface area contributed by atoms with E-state index in [9.17, 15) is 5.11 Å². The summed E-state index contributed by atoms with van der Waals surface area (Å²) < 4.78 is 12.3. The lowest BCUT2D eigenvalue weighted by Crippen LogP contribution is -1.97. The second-order valence-electron chi connectivity index (χ2n) is 4.67. The standard InChI is InChI=1S/C16H15BrO3S/c17-12-2-5-16(11(8-12)10-18)21-13-3-4-14-15(9-13)20-7-1-6-19-14/h2-5,8-9,18H,1,6-7,10H2. The van der Waals surface area contributed by atoms with Crippen molar-refractivity contribution in [3.05, 3.63) is 46.4 Å². The highest BCUT2D eigenvalue weighted by atomic mass is 79.9. The average Bonchev–Trinajstić information content (AvgIpc) is 2.74. The van der Waals surface area contributed by atoms with E-state index in [2.05, 4.69) is 15.9 Å². The summed E-state index contributed by atoms with van der Waals surface area (Å²) in [5.41, 5.74) is 0.904. The predicted octanol–water partition coefficient (Wildman–Crippen LogP) is 4.25. The van der Waals surface area contributed by atoms with Crippen LogP contribution in [0.2, 0.25) is 0 Å². The molecule has 0 aliphatic carbocycles. The molecule has 0 bridgehead atoms. The molecule has 0 amide bonds. The van der Waals surface area contributed by atoms with Gasteiger partial charge in [0.2, 0.25) is 0 Å². The van der Waals surface area contributed by atoms with Crippen LogP contribution >= 0.6 is 27.7 Å². The van der Waals surface area contributed by atoms with E-state index in [0.29, 0.717) is 13.2 Å². The monoisotopic (exact) mass is 366 g/mol. The highest BCUT2D eigenvalue weighted by Gasteiger charge is 2.12. The molecule has 1 N–H and O–H groups in total. The van der Waals surface area contributed by atoms with E-state index in [0.717, 1.165) is 37.7 Å². The van der Waals surface area contributed by atoms with E-state index in [1.54, 1.807) is 11.8 Å². The van der Waals surface area contributed by atoms with Crippen molar-refractivity contribution < 1.29 is 14.6 Å². The Balaban J connectivity index is 1.87. The van der Waals surface area contributed by atoms with Gasteiger partial charge in [-0.15, -0.1) is 0 Å². The minimum Gasteiger partial charge on any atom is -0.490 e. The summed E-state index contributed by atoms with van der Waals surface area (Å²) in [6.07, 6.45) is 0.901. The molecule has 3 rings (SSSR count). The van der Waals surface area contributed by atoms with Crippen LogP contribution in [0.3, 0.4) is 0 Å². The Morgan fingerprint density at radius 2 is 1.86 bits per heavy atom. The second kappa shape index (κ2) is 6.73. The van der Waals surface area contributed by atoms with Crippen LogP contribution in [0.4, 0.5) is 0 Å². The molecule has 5 heteroatoms. The molecular weight excluding hydrogens is 352 g/mol. The molecule has 110 valence electrons. The third-order valence-electron chi connectivity index (χ3n) is 3.14. The number of halogens is 1. The summed E-state index contributed by atoms with van der Waals surface area (Å²) in [6, 6.07) is 11.9. The number of fused-ring (bicyclic) bond motifs is 1. The first kappa shape index (κ1) is 14.8. The second-order valence-corrected chi connectivity index (χ2v) is 6.70. The molecular formula is C16H15BrO3S. The van der Waals surface area contributed by atoms with Gasteiger partial charge < -0.3 is 14.6 Å². The van der Waals surface area contributed by atoms with Crippen molar-refractivity contribution in [2.24, 2.45) is 0 Å². The van der Waals surface area contributed by atoms with Gasteiger partial charge in [-0.25, -0.2) is 0 Å². The van der Waals surface area contributed by atoms with Gasteiger partial charge in [0.05, 0.1) is 19.8 Å². The Kier molecular flexibility index (Phi) is 4.73. The molecule has 1 heterocycles. The van der Waals surface area contributed by atoms with Gasteiger partial charge in [-0.3, -0.25) is 0 Å². The van der Waals surface area contributed by atoms with Crippen LogP contribution < -0.4 is 9.47 Å². The van der Waals surface area contributed by atoms with Gasteiger partial charge in [-0.2, -0.15) is 0 Å². The maximum atomic E-state index is 9.47. The summed E-state index contributed by atoms with van der Waals surface area (Å²) >= 11 is 5.03. The lowest BCUT2D eigenvalue weighted by atomic mass is 10.2. The maximum Gasteiger partial charge on any atom is 0.162 e. The first-order valence-electron chi connectivity index (χ1n) is 6.73. The minimum atomic E-state index is 0.0202. The molecule has 1 aliphatic heterocycles. The number of hydrogen-bond acceptors (Lipinski definition) is 4. The highest BCUT2D eigenvalue weighted by molar-refractivity contribution is 9.10. The normalized spacial score (nSPS) is 13.8. The molecule has 0 unspecified atom stereocenters. The first-order chi connectivity index (χ1) is 10.3. The topological polar surface area (TPSA) is 38.7 Å². The fourth-order valence-corrected chi connectivity index (χ4v) is 3.46. The Labute approximate surface area is 136 Å². The van der Waals surface area contributed by atoms with E-state index < -0.39 is 0 Å². The van der Waals surface area contributed by atoms with E-state index in [1.807, 2.05) is 36.4 Å². The number of hydrogen-bond donors (Lipinski definition) is 1. The van der Waals surface area contributed by atoms with E-state index >= 15 is 0 Å². The molecule has 1 aliphatic rings. The van der Waals surface area contributed by atoms with Crippen molar-refractivity contribution in [1.29, 1.82) is 0 Å². The molecule has 0 fully saturated rings. The highest BCUT2D eigenvalue weighted by Crippen LogP contribution is 2.38. The third-order valence-corrected chi connectivity index (χ3v) is 4.74. The van der Waals surface area contributed by atoms with Gasteiger partial charge in [0.1, 0.15) is 0 Å². The Bertz CT molecular complexity index is 645. The Morgan fingerprint density at radius 1 is 1.05 bits per heavy atom. The molecule has 21 heavy (non-hydrogen) atoms. The van der Waals surface area contributed by atoms with Crippen LogP contribution in [-0.2, 0) is 6.61 Å². The van der Waals surface area contributed by atoms with Gasteiger partial charge in [0, 0.05) is 20.7 Å². The van der Waals surface area contributed by atoms with Crippen molar-refractivity contribution >= 4 is 27.7 Å². The van der Waals surface area contributed by atoms with Crippen molar-refractivity contribution in [3.63, 3.8) is 0 Å². The first-order valence-corrected chi connectivity index (χ1v) is 8.34. The molecule has 0 spiro atoms. The van der Waals surface area contributed by atoms with Gasteiger partial charge in [0.25, 0.3) is 0 Å². The Hall–Kier alpha value is -1.17. The zero-order valence-electron chi connectivity index (χ0n) is 11.3. The number of benzene rings is 2. The van der Waals surface area contributed by atoms with Crippen LogP contribution in [0.1, 0.15) is 12.0 Å². The lowest BCUT2D eigenvalue weighted by Gasteiger charge is -2.11. The van der Waals surface area contributed by atoms with Crippen molar-refractivity contribution in [3.8, 4) is 11.5 Å².